The van der Waals surface area contributed by atoms with Crippen molar-refractivity contribution in [3.8, 4) is 22.5 Å². The Labute approximate surface area is 283 Å². The highest BCUT2D eigenvalue weighted by molar-refractivity contribution is 6.29. The minimum absolute atomic E-state index is 0.613. The molecular formula is C45H32N4. The summed E-state index contributed by atoms with van der Waals surface area (Å²) in [5.41, 5.74) is 13.4. The van der Waals surface area contributed by atoms with Gasteiger partial charge < -0.3 is 9.13 Å². The fraction of sp³-hybridized carbons (Fsp3) is 0.0222. The molecule has 0 bridgehead atoms. The van der Waals surface area contributed by atoms with Crippen LogP contribution in [0.15, 0.2) is 164 Å². The largest absolute Gasteiger partial charge is 0.309 e. The minimum atomic E-state index is 0.613. The molecule has 2 heterocycles. The Kier molecular flexibility index (Phi) is 6.21. The average molecular weight is 629 g/mol. The van der Waals surface area contributed by atoms with E-state index in [1.54, 1.807) is 0 Å². The second-order valence-electron chi connectivity index (χ2n) is 12.9. The summed E-state index contributed by atoms with van der Waals surface area (Å²) in [6, 6.07) is 59.7. The fourth-order valence-electron chi connectivity index (χ4n) is 8.03. The van der Waals surface area contributed by atoms with Gasteiger partial charge in [-0.15, -0.1) is 0 Å². The highest BCUT2D eigenvalue weighted by atomic mass is 15.2. The Morgan fingerprint density at radius 2 is 1.02 bits per heavy atom. The maximum Gasteiger partial charge on any atom is 0.0562 e. The quantitative estimate of drug-likeness (QED) is 0.147. The third-order valence-electron chi connectivity index (χ3n) is 10.1. The molecule has 0 fully saturated rings. The molecule has 10 rings (SSSR count). The SMILES string of the molecule is NNCc1ccc(-n2c3cc4c(cc3c3c5ccccc5c(-c5ccccc5)cc32)c2c3ccccc3ccc2n4-c2ccccc2)cc1. The zero-order valence-electron chi connectivity index (χ0n) is 26.8. The van der Waals surface area contributed by atoms with Gasteiger partial charge in [0.25, 0.3) is 0 Å². The van der Waals surface area contributed by atoms with Crippen molar-refractivity contribution in [1.29, 1.82) is 0 Å². The highest BCUT2D eigenvalue weighted by Gasteiger charge is 2.22. The normalized spacial score (nSPS) is 11.9. The summed E-state index contributed by atoms with van der Waals surface area (Å²) in [6.07, 6.45) is 0. The van der Waals surface area contributed by atoms with E-state index in [2.05, 4.69) is 178 Å². The average Bonchev–Trinajstić information content (AvgIpc) is 3.67. The third kappa shape index (κ3) is 4.18. The van der Waals surface area contributed by atoms with Crippen LogP contribution in [-0.2, 0) is 6.54 Å². The van der Waals surface area contributed by atoms with Gasteiger partial charge in [0.15, 0.2) is 0 Å². The van der Waals surface area contributed by atoms with Crippen LogP contribution in [-0.4, -0.2) is 9.13 Å². The number of hydrogen-bond acceptors (Lipinski definition) is 2. The molecule has 0 saturated carbocycles. The number of fused-ring (bicyclic) bond motifs is 10. The molecule has 4 nitrogen and oxygen atoms in total. The highest BCUT2D eigenvalue weighted by Crippen LogP contribution is 2.45. The lowest BCUT2D eigenvalue weighted by molar-refractivity contribution is 0.741. The van der Waals surface area contributed by atoms with Crippen molar-refractivity contribution in [2.24, 2.45) is 5.84 Å². The third-order valence-corrected chi connectivity index (χ3v) is 10.1. The molecule has 0 unspecified atom stereocenters. The van der Waals surface area contributed by atoms with Crippen LogP contribution in [0.3, 0.4) is 0 Å². The molecule has 3 N–H and O–H groups in total. The summed E-state index contributed by atoms with van der Waals surface area (Å²) in [5, 5.41) is 10.1. The van der Waals surface area contributed by atoms with Gasteiger partial charge in [-0.1, -0.05) is 115 Å². The van der Waals surface area contributed by atoms with Crippen molar-refractivity contribution in [3.05, 3.63) is 169 Å². The first-order valence-electron chi connectivity index (χ1n) is 16.8. The number of nitrogens with zero attached hydrogens (tertiary/aromatic N) is 2. The molecule has 0 aliphatic rings. The van der Waals surface area contributed by atoms with E-state index in [1.165, 1.54) is 76.3 Å². The van der Waals surface area contributed by atoms with Crippen LogP contribution in [0, 0.1) is 0 Å². The summed E-state index contributed by atoms with van der Waals surface area (Å²) < 4.78 is 4.88. The van der Waals surface area contributed by atoms with Crippen LogP contribution in [0.1, 0.15) is 5.56 Å². The van der Waals surface area contributed by atoms with Gasteiger partial charge in [0.2, 0.25) is 0 Å². The monoisotopic (exact) mass is 628 g/mol. The number of benzene rings is 8. The maximum atomic E-state index is 5.69. The Morgan fingerprint density at radius 3 is 1.76 bits per heavy atom. The Morgan fingerprint density at radius 1 is 0.429 bits per heavy atom. The first kappa shape index (κ1) is 27.9. The standard InChI is InChI=1S/C45H32N4/c46-47-28-29-19-22-33(23-20-29)49-42-27-41-38(44-34-16-8-7-13-31(34)21-24-40(44)48(41)32-14-5-2-6-15-32)25-39(42)45-36-18-10-9-17-35(36)37(26-43(45)49)30-11-3-1-4-12-30/h1-27,47H,28,46H2. The van der Waals surface area contributed by atoms with Gasteiger partial charge in [-0.25, -0.2) is 0 Å². The molecule has 4 heteroatoms. The molecule has 10 aromatic rings. The molecule has 0 aliphatic heterocycles. The van der Waals surface area contributed by atoms with Gasteiger partial charge in [-0.2, -0.15) is 0 Å². The molecule has 49 heavy (non-hydrogen) atoms. The van der Waals surface area contributed by atoms with Gasteiger partial charge in [0.1, 0.15) is 0 Å². The van der Waals surface area contributed by atoms with Crippen molar-refractivity contribution in [2.75, 3.05) is 0 Å². The Balaban J connectivity index is 1.43. The van der Waals surface area contributed by atoms with Crippen molar-refractivity contribution in [2.45, 2.75) is 6.54 Å². The number of hydrogen-bond donors (Lipinski definition) is 2. The lowest BCUT2D eigenvalue weighted by Gasteiger charge is -2.13. The topological polar surface area (TPSA) is 47.9 Å². The first-order valence-corrected chi connectivity index (χ1v) is 16.8. The zero-order valence-corrected chi connectivity index (χ0v) is 26.8. The maximum absolute atomic E-state index is 5.69. The number of para-hydroxylation sites is 1. The number of rotatable bonds is 5. The van der Waals surface area contributed by atoms with Gasteiger partial charge in [-0.3, -0.25) is 11.3 Å². The van der Waals surface area contributed by atoms with E-state index in [4.69, 9.17) is 5.84 Å². The van der Waals surface area contributed by atoms with E-state index in [1.807, 2.05) is 0 Å². The summed E-state index contributed by atoms with van der Waals surface area (Å²) in [4.78, 5) is 0. The van der Waals surface area contributed by atoms with Gasteiger partial charge in [0, 0.05) is 39.5 Å². The van der Waals surface area contributed by atoms with Gasteiger partial charge in [0.05, 0.1) is 22.1 Å². The van der Waals surface area contributed by atoms with Crippen LogP contribution in [0.4, 0.5) is 0 Å². The number of hydrazine groups is 1. The number of aromatic nitrogens is 2. The zero-order chi connectivity index (χ0) is 32.5. The summed E-state index contributed by atoms with van der Waals surface area (Å²) in [5.74, 6) is 5.69. The van der Waals surface area contributed by atoms with Crippen LogP contribution >= 0.6 is 0 Å². The van der Waals surface area contributed by atoms with Crippen LogP contribution in [0.5, 0.6) is 0 Å². The molecule has 2 aromatic heterocycles. The molecule has 0 aliphatic carbocycles. The van der Waals surface area contributed by atoms with Gasteiger partial charge in [-0.05, 0) is 86.8 Å². The van der Waals surface area contributed by atoms with Crippen molar-refractivity contribution in [3.63, 3.8) is 0 Å². The fourth-order valence-corrected chi connectivity index (χ4v) is 8.03. The van der Waals surface area contributed by atoms with E-state index in [0.29, 0.717) is 6.54 Å². The lowest BCUT2D eigenvalue weighted by atomic mass is 9.94. The predicted octanol–water partition coefficient (Wildman–Crippen LogP) is 10.8. The second-order valence-corrected chi connectivity index (χ2v) is 12.9. The molecule has 0 atom stereocenters. The second kappa shape index (κ2) is 10.9. The smallest absolute Gasteiger partial charge is 0.0562 e. The summed E-state index contributed by atoms with van der Waals surface area (Å²) in [7, 11) is 0. The molecule has 0 radical (unpaired) electrons. The lowest BCUT2D eigenvalue weighted by Crippen LogP contribution is -2.20. The number of nitrogens with two attached hydrogens (primary N) is 1. The molecule has 0 saturated heterocycles. The first-order chi connectivity index (χ1) is 24.3. The summed E-state index contributed by atoms with van der Waals surface area (Å²) in [6.45, 7) is 0.613. The van der Waals surface area contributed by atoms with Crippen molar-refractivity contribution in [1.82, 2.24) is 14.6 Å². The summed E-state index contributed by atoms with van der Waals surface area (Å²) >= 11 is 0. The molecule has 232 valence electrons. The minimum Gasteiger partial charge on any atom is -0.309 e. The Bertz CT molecular complexity index is 2860. The van der Waals surface area contributed by atoms with E-state index >= 15 is 0 Å². The van der Waals surface area contributed by atoms with E-state index < -0.39 is 0 Å². The van der Waals surface area contributed by atoms with E-state index in [-0.39, 0.29) is 0 Å². The van der Waals surface area contributed by atoms with E-state index in [0.717, 1.165) is 16.9 Å². The molecule has 8 aromatic carbocycles. The molecule has 0 spiro atoms. The number of nitrogens with one attached hydrogen (secondary N) is 1. The molecule has 0 amide bonds. The van der Waals surface area contributed by atoms with Crippen LogP contribution in [0.25, 0.3) is 87.7 Å². The predicted molar refractivity (Wildman–Crippen MR) is 207 cm³/mol. The van der Waals surface area contributed by atoms with Crippen LogP contribution < -0.4 is 11.3 Å². The molecular weight excluding hydrogens is 597 g/mol. The van der Waals surface area contributed by atoms with E-state index in [9.17, 15) is 0 Å². The van der Waals surface area contributed by atoms with Crippen molar-refractivity contribution < 1.29 is 0 Å². The van der Waals surface area contributed by atoms with Crippen molar-refractivity contribution >= 4 is 65.2 Å². The van der Waals surface area contributed by atoms with Gasteiger partial charge >= 0.3 is 0 Å². The van der Waals surface area contributed by atoms with Crippen LogP contribution in [0.2, 0.25) is 0 Å². The Hall–Kier alpha value is -6.20.